The summed E-state index contributed by atoms with van der Waals surface area (Å²) in [7, 11) is 0. The Balaban J connectivity index is 0.955. The van der Waals surface area contributed by atoms with Crippen LogP contribution in [0.15, 0.2) is 196 Å². The van der Waals surface area contributed by atoms with Gasteiger partial charge in [-0.2, -0.15) is 0 Å². The van der Waals surface area contributed by atoms with Gasteiger partial charge in [-0.25, -0.2) is 0 Å². The highest BCUT2D eigenvalue weighted by molar-refractivity contribution is 6.09. The standard InChI is InChI=1S/C53H52N4/c1-3-46(55-47-25-12-10-24-43(47)52(54)36-17-6-4-7-18-36)39-19-16-22-41(33-39)57-50-31-29-38(35-45(50)53(2)32-15-14-27-51(53)57)37-28-30-49-44(34-37)42-23-11-13-26-48(42)56(49)40-20-8-5-9-21-40/h5-6,8-11,13-24,26-31,34,38,41,46H,3-4,7,12,25,32-33,35,54H2,1-2H3/b52-43-,55-47?. The summed E-state index contributed by atoms with van der Waals surface area (Å²) < 4.78 is 2.41. The number of aliphatic imine (C=N–C) groups is 1. The summed E-state index contributed by atoms with van der Waals surface area (Å²) in [5.74, 6) is 0.313. The molecule has 4 heteroatoms. The molecule has 1 aliphatic heterocycles. The highest BCUT2D eigenvalue weighted by Crippen LogP contribution is 2.57. The van der Waals surface area contributed by atoms with E-state index < -0.39 is 0 Å². The molecule has 0 fully saturated rings. The smallest absolute Gasteiger partial charge is 0.0713 e. The van der Waals surface area contributed by atoms with Gasteiger partial charge in [-0.3, -0.25) is 4.99 Å². The average Bonchev–Trinajstić information content (AvgIpc) is 3.74. The summed E-state index contributed by atoms with van der Waals surface area (Å²) in [5, 5.41) is 2.62. The van der Waals surface area contributed by atoms with E-state index in [-0.39, 0.29) is 17.5 Å². The number of rotatable bonds is 7. The van der Waals surface area contributed by atoms with Crippen LogP contribution in [0.5, 0.6) is 0 Å². The van der Waals surface area contributed by atoms with Gasteiger partial charge in [0.1, 0.15) is 0 Å². The van der Waals surface area contributed by atoms with E-state index in [9.17, 15) is 0 Å². The van der Waals surface area contributed by atoms with Crippen LogP contribution in [-0.2, 0) is 0 Å². The molecule has 0 saturated carbocycles. The lowest BCUT2D eigenvalue weighted by Gasteiger charge is -2.38. The van der Waals surface area contributed by atoms with E-state index in [1.807, 2.05) is 0 Å². The van der Waals surface area contributed by atoms with Crippen LogP contribution in [-0.4, -0.2) is 27.3 Å². The van der Waals surface area contributed by atoms with Crippen molar-refractivity contribution in [1.82, 2.24) is 9.47 Å². The maximum Gasteiger partial charge on any atom is 0.0713 e. The molecule has 10 rings (SSSR count). The molecule has 0 amide bonds. The first kappa shape index (κ1) is 35.5. The molecule has 2 N–H and O–H groups in total. The van der Waals surface area contributed by atoms with Gasteiger partial charge in [0.05, 0.1) is 23.1 Å². The van der Waals surface area contributed by atoms with Crippen molar-refractivity contribution in [2.24, 2.45) is 16.1 Å². The second kappa shape index (κ2) is 14.6. The van der Waals surface area contributed by atoms with Crippen molar-refractivity contribution in [3.05, 3.63) is 197 Å². The fourth-order valence-corrected chi connectivity index (χ4v) is 10.3. The Morgan fingerprint density at radius 1 is 0.842 bits per heavy atom. The minimum Gasteiger partial charge on any atom is -0.398 e. The average molecular weight is 745 g/mol. The largest absolute Gasteiger partial charge is 0.398 e. The number of aromatic nitrogens is 1. The van der Waals surface area contributed by atoms with Crippen molar-refractivity contribution >= 4 is 27.5 Å². The predicted octanol–water partition coefficient (Wildman–Crippen LogP) is 12.6. The molecule has 4 unspecified atom stereocenters. The quantitative estimate of drug-likeness (QED) is 0.205. The Morgan fingerprint density at radius 3 is 2.54 bits per heavy atom. The zero-order chi connectivity index (χ0) is 38.5. The first-order chi connectivity index (χ1) is 28.0. The van der Waals surface area contributed by atoms with Gasteiger partial charge in [0.15, 0.2) is 0 Å². The minimum atomic E-state index is -0.0337. The maximum absolute atomic E-state index is 6.84. The van der Waals surface area contributed by atoms with Crippen LogP contribution >= 0.6 is 0 Å². The molecule has 5 aliphatic carbocycles. The molecule has 0 saturated heterocycles. The molecule has 0 bridgehead atoms. The van der Waals surface area contributed by atoms with Gasteiger partial charge in [-0.1, -0.05) is 116 Å². The first-order valence-electron chi connectivity index (χ1n) is 21.2. The molecular weight excluding hydrogens is 693 g/mol. The molecule has 57 heavy (non-hydrogen) atoms. The molecule has 4 atom stereocenters. The molecular formula is C53H52N4. The first-order valence-corrected chi connectivity index (χ1v) is 21.2. The van der Waals surface area contributed by atoms with Gasteiger partial charge < -0.3 is 15.2 Å². The van der Waals surface area contributed by atoms with E-state index in [1.54, 1.807) is 5.57 Å². The van der Waals surface area contributed by atoms with E-state index >= 15 is 0 Å². The lowest BCUT2D eigenvalue weighted by Crippen LogP contribution is -2.35. The Morgan fingerprint density at radius 2 is 1.68 bits per heavy atom. The van der Waals surface area contributed by atoms with Crippen molar-refractivity contribution in [2.75, 3.05) is 0 Å². The van der Waals surface area contributed by atoms with Gasteiger partial charge in [0.2, 0.25) is 0 Å². The number of fused-ring (bicyclic) bond motifs is 5. The highest BCUT2D eigenvalue weighted by Gasteiger charge is 2.48. The third kappa shape index (κ3) is 6.09. The Hall–Kier alpha value is -5.87. The monoisotopic (exact) mass is 744 g/mol. The van der Waals surface area contributed by atoms with E-state index in [0.29, 0.717) is 5.92 Å². The molecule has 1 aromatic heterocycles. The van der Waals surface area contributed by atoms with Gasteiger partial charge in [0, 0.05) is 56.2 Å². The Kier molecular flexibility index (Phi) is 9.08. The second-order valence-corrected chi connectivity index (χ2v) is 16.7. The number of allylic oxidation sites excluding steroid dienone is 14. The van der Waals surface area contributed by atoms with Crippen molar-refractivity contribution in [3.63, 3.8) is 0 Å². The number of benzene rings is 3. The number of hydrogen-bond acceptors (Lipinski definition) is 3. The SMILES string of the molecule is CCC(N=C1CCC=C/C1=C(/N)C1=CCCC=C1)C1=CC=CC(N2C3=CC=CCC3(C)C3=C2C=CC(c2ccc4c(c2)c2ccccc2n4-c2ccccc2)C3)C1. The van der Waals surface area contributed by atoms with Crippen molar-refractivity contribution in [3.8, 4) is 5.69 Å². The lowest BCUT2D eigenvalue weighted by molar-refractivity contribution is 0.320. The maximum atomic E-state index is 6.84. The summed E-state index contributed by atoms with van der Waals surface area (Å²) >= 11 is 0. The van der Waals surface area contributed by atoms with Crippen molar-refractivity contribution < 1.29 is 0 Å². The van der Waals surface area contributed by atoms with Crippen molar-refractivity contribution in [1.29, 1.82) is 0 Å². The van der Waals surface area contributed by atoms with Crippen LogP contribution < -0.4 is 5.73 Å². The Bertz CT molecular complexity index is 2630. The molecule has 4 aromatic rings. The normalized spacial score (nSPS) is 26.2. The third-order valence-corrected chi connectivity index (χ3v) is 13.3. The van der Waals surface area contributed by atoms with Crippen LogP contribution in [0.25, 0.3) is 27.5 Å². The van der Waals surface area contributed by atoms with Crippen LogP contribution in [0.3, 0.4) is 0 Å². The van der Waals surface area contributed by atoms with Crippen molar-refractivity contribution in [2.45, 2.75) is 83.2 Å². The van der Waals surface area contributed by atoms with Gasteiger partial charge in [-0.15, -0.1) is 0 Å². The van der Waals surface area contributed by atoms with E-state index in [4.69, 9.17) is 10.7 Å². The van der Waals surface area contributed by atoms with Gasteiger partial charge >= 0.3 is 0 Å². The van der Waals surface area contributed by atoms with Gasteiger partial charge in [0.25, 0.3) is 0 Å². The third-order valence-electron chi connectivity index (χ3n) is 13.3. The molecule has 0 spiro atoms. The Labute approximate surface area is 337 Å². The zero-order valence-electron chi connectivity index (χ0n) is 33.2. The van der Waals surface area contributed by atoms with E-state index in [1.165, 1.54) is 50.0 Å². The topological polar surface area (TPSA) is 46.5 Å². The number of hydrogen-bond donors (Lipinski definition) is 1. The van der Waals surface area contributed by atoms with Crippen LogP contribution in [0.4, 0.5) is 0 Å². The number of para-hydroxylation sites is 2. The molecule has 2 heterocycles. The molecule has 284 valence electrons. The number of nitrogens with zero attached hydrogens (tertiary/aromatic N) is 3. The predicted molar refractivity (Wildman–Crippen MR) is 239 cm³/mol. The summed E-state index contributed by atoms with van der Waals surface area (Å²) in [6.45, 7) is 4.77. The van der Waals surface area contributed by atoms with E-state index in [0.717, 1.165) is 73.9 Å². The van der Waals surface area contributed by atoms with E-state index in [2.05, 4.69) is 175 Å². The minimum absolute atomic E-state index is 0.0337. The lowest BCUT2D eigenvalue weighted by atomic mass is 9.71. The summed E-state index contributed by atoms with van der Waals surface area (Å²) in [5.41, 5.74) is 21.9. The molecule has 6 aliphatic rings. The fraction of sp³-hybridized carbons (Fsp3) is 0.264. The van der Waals surface area contributed by atoms with Crippen LogP contribution in [0.1, 0.15) is 76.7 Å². The molecule has 3 aromatic carbocycles. The second-order valence-electron chi connectivity index (χ2n) is 16.7. The highest BCUT2D eigenvalue weighted by atomic mass is 15.2. The number of nitrogens with two attached hydrogens (primary N) is 1. The zero-order valence-corrected chi connectivity index (χ0v) is 33.2. The van der Waals surface area contributed by atoms with Gasteiger partial charge in [-0.05, 0) is 123 Å². The van der Waals surface area contributed by atoms with Crippen LogP contribution in [0.2, 0.25) is 0 Å². The summed E-state index contributed by atoms with van der Waals surface area (Å²) in [6.07, 6.45) is 38.2. The summed E-state index contributed by atoms with van der Waals surface area (Å²) in [6, 6.07) is 27.1. The van der Waals surface area contributed by atoms with Crippen LogP contribution in [0, 0.1) is 5.41 Å². The summed E-state index contributed by atoms with van der Waals surface area (Å²) in [4.78, 5) is 8.20. The molecule has 0 radical (unpaired) electrons. The molecule has 4 nitrogen and oxygen atoms in total. The fourth-order valence-electron chi connectivity index (χ4n) is 10.3.